The molecule has 1 unspecified atom stereocenters. The summed E-state index contributed by atoms with van der Waals surface area (Å²) in [5.74, 6) is 0. The van der Waals surface area contributed by atoms with Crippen LogP contribution in [-0.4, -0.2) is 29.0 Å². The van der Waals surface area contributed by atoms with Gasteiger partial charge in [0.05, 0.1) is 18.8 Å². The zero-order valence-corrected chi connectivity index (χ0v) is 12.7. The highest BCUT2D eigenvalue weighted by Gasteiger charge is 2.24. The van der Waals surface area contributed by atoms with Gasteiger partial charge in [0.1, 0.15) is 0 Å². The first-order valence-corrected chi connectivity index (χ1v) is 6.82. The van der Waals surface area contributed by atoms with E-state index in [-0.39, 0.29) is 24.7 Å². The van der Waals surface area contributed by atoms with Crippen molar-refractivity contribution >= 4 is 0 Å². The van der Waals surface area contributed by atoms with Gasteiger partial charge in [0, 0.05) is 6.04 Å². The number of aliphatic hydroxyl groups excluding tert-OH is 2. The Morgan fingerprint density at radius 2 is 1.47 bits per heavy atom. The van der Waals surface area contributed by atoms with Gasteiger partial charge in [-0.1, -0.05) is 45.0 Å². The van der Waals surface area contributed by atoms with Gasteiger partial charge in [-0.15, -0.1) is 0 Å². The van der Waals surface area contributed by atoms with Crippen LogP contribution in [0.3, 0.4) is 0 Å². The van der Waals surface area contributed by atoms with Gasteiger partial charge in [0.2, 0.25) is 0 Å². The van der Waals surface area contributed by atoms with Crippen molar-refractivity contribution in [3.63, 3.8) is 0 Å². The molecule has 0 heterocycles. The lowest BCUT2D eigenvalue weighted by Crippen LogP contribution is -2.49. The van der Waals surface area contributed by atoms with Crippen molar-refractivity contribution < 1.29 is 10.2 Å². The monoisotopic (exact) mass is 265 g/mol. The third-order valence-corrected chi connectivity index (χ3v) is 3.54. The summed E-state index contributed by atoms with van der Waals surface area (Å²) in [5, 5.41) is 21.9. The quantitative estimate of drug-likeness (QED) is 0.766. The lowest BCUT2D eigenvalue weighted by atomic mass is 9.86. The van der Waals surface area contributed by atoms with Crippen molar-refractivity contribution in [1.29, 1.82) is 0 Å². The molecule has 1 aromatic carbocycles. The van der Waals surface area contributed by atoms with Crippen LogP contribution < -0.4 is 5.32 Å². The topological polar surface area (TPSA) is 52.5 Å². The Morgan fingerprint density at radius 3 is 1.84 bits per heavy atom. The molecule has 0 aliphatic carbocycles. The van der Waals surface area contributed by atoms with Crippen LogP contribution in [-0.2, 0) is 5.41 Å². The Bertz CT molecular complexity index is 388. The first-order valence-electron chi connectivity index (χ1n) is 6.82. The minimum absolute atomic E-state index is 0.0818. The Morgan fingerprint density at radius 1 is 1.00 bits per heavy atom. The fraction of sp³-hybridized carbons (Fsp3) is 0.625. The van der Waals surface area contributed by atoms with Gasteiger partial charge in [-0.05, 0) is 30.4 Å². The summed E-state index contributed by atoms with van der Waals surface area (Å²) in [5.41, 5.74) is 1.96. The molecule has 3 N–H and O–H groups in total. The molecular formula is C16H27NO2. The third kappa shape index (κ3) is 4.30. The summed E-state index contributed by atoms with van der Waals surface area (Å²) in [7, 11) is 0. The molecule has 3 nitrogen and oxygen atoms in total. The van der Waals surface area contributed by atoms with E-state index in [1.54, 1.807) is 0 Å². The first kappa shape index (κ1) is 16.2. The van der Waals surface area contributed by atoms with Gasteiger partial charge in [-0.25, -0.2) is 0 Å². The number of hydrogen-bond acceptors (Lipinski definition) is 3. The molecule has 0 bridgehead atoms. The smallest absolute Gasteiger partial charge is 0.0633 e. The Kier molecular flexibility index (Phi) is 5.13. The van der Waals surface area contributed by atoms with E-state index in [9.17, 15) is 10.2 Å². The minimum Gasteiger partial charge on any atom is -0.394 e. The second-order valence-corrected chi connectivity index (χ2v) is 6.61. The van der Waals surface area contributed by atoms with Crippen molar-refractivity contribution in [3.8, 4) is 0 Å². The number of nitrogens with one attached hydrogen (secondary N) is 1. The van der Waals surface area contributed by atoms with Crippen molar-refractivity contribution in [3.05, 3.63) is 35.4 Å². The first-order chi connectivity index (χ1) is 8.72. The predicted octanol–water partition coefficient (Wildman–Crippen LogP) is 2.38. The van der Waals surface area contributed by atoms with Crippen molar-refractivity contribution in [2.75, 3.05) is 13.2 Å². The Labute approximate surface area is 116 Å². The van der Waals surface area contributed by atoms with Crippen LogP contribution in [0, 0.1) is 0 Å². The van der Waals surface area contributed by atoms with Crippen LogP contribution in [0.25, 0.3) is 0 Å². The van der Waals surface area contributed by atoms with E-state index >= 15 is 0 Å². The lowest BCUT2D eigenvalue weighted by molar-refractivity contribution is 0.0957. The molecule has 1 atom stereocenters. The maximum atomic E-state index is 9.31. The second kappa shape index (κ2) is 6.04. The van der Waals surface area contributed by atoms with E-state index in [0.717, 1.165) is 5.56 Å². The van der Waals surface area contributed by atoms with Crippen LogP contribution >= 0.6 is 0 Å². The predicted molar refractivity (Wildman–Crippen MR) is 79.3 cm³/mol. The molecule has 3 heteroatoms. The van der Waals surface area contributed by atoms with Gasteiger partial charge in [-0.3, -0.25) is 0 Å². The summed E-state index contributed by atoms with van der Waals surface area (Å²) in [4.78, 5) is 0. The molecule has 0 aliphatic heterocycles. The minimum atomic E-state index is -0.651. The lowest BCUT2D eigenvalue weighted by Gasteiger charge is -2.31. The van der Waals surface area contributed by atoms with Gasteiger partial charge >= 0.3 is 0 Å². The van der Waals surface area contributed by atoms with Crippen LogP contribution in [0.1, 0.15) is 51.8 Å². The number of rotatable bonds is 5. The summed E-state index contributed by atoms with van der Waals surface area (Å²) < 4.78 is 0. The molecule has 1 rings (SSSR count). The molecule has 0 aliphatic rings. The maximum Gasteiger partial charge on any atom is 0.0633 e. The SMILES string of the molecule is CC(NC(C)(CO)CO)c1ccc(C(C)(C)C)cc1. The zero-order chi connectivity index (χ0) is 14.7. The standard InChI is InChI=1S/C16H27NO2/c1-12(17-16(5,10-18)11-19)13-6-8-14(9-7-13)15(2,3)4/h6-9,12,17-19H,10-11H2,1-5H3. The van der Waals surface area contributed by atoms with Crippen molar-refractivity contribution in [1.82, 2.24) is 5.32 Å². The Hall–Kier alpha value is -0.900. The molecule has 0 saturated carbocycles. The largest absolute Gasteiger partial charge is 0.394 e. The summed E-state index contributed by atoms with van der Waals surface area (Å²) in [6.07, 6.45) is 0. The molecule has 0 amide bonds. The molecule has 0 saturated heterocycles. The van der Waals surface area contributed by atoms with Crippen LogP contribution in [0.15, 0.2) is 24.3 Å². The number of aliphatic hydroxyl groups is 2. The normalized spacial score (nSPS) is 14.5. The molecule has 0 radical (unpaired) electrons. The van der Waals surface area contributed by atoms with Crippen LogP contribution in [0.2, 0.25) is 0 Å². The molecule has 0 aromatic heterocycles. The zero-order valence-electron chi connectivity index (χ0n) is 12.7. The summed E-state index contributed by atoms with van der Waals surface area (Å²) >= 11 is 0. The fourth-order valence-corrected chi connectivity index (χ4v) is 2.02. The average Bonchev–Trinajstić information content (AvgIpc) is 2.37. The highest BCUT2D eigenvalue weighted by molar-refractivity contribution is 5.29. The van der Waals surface area contributed by atoms with Crippen molar-refractivity contribution in [2.24, 2.45) is 0 Å². The highest BCUT2D eigenvalue weighted by atomic mass is 16.3. The Balaban J connectivity index is 2.81. The molecule has 0 spiro atoms. The van der Waals surface area contributed by atoms with E-state index in [1.807, 2.05) is 13.8 Å². The van der Waals surface area contributed by atoms with Gasteiger partial charge < -0.3 is 15.5 Å². The van der Waals surface area contributed by atoms with Crippen LogP contribution in [0.5, 0.6) is 0 Å². The summed E-state index contributed by atoms with van der Waals surface area (Å²) in [6, 6.07) is 8.57. The maximum absolute atomic E-state index is 9.31. The van der Waals surface area contributed by atoms with Gasteiger partial charge in [0.15, 0.2) is 0 Å². The molecule has 19 heavy (non-hydrogen) atoms. The molecule has 0 fully saturated rings. The fourth-order valence-electron chi connectivity index (χ4n) is 2.02. The number of benzene rings is 1. The van der Waals surface area contributed by atoms with Gasteiger partial charge in [0.25, 0.3) is 0 Å². The second-order valence-electron chi connectivity index (χ2n) is 6.61. The van der Waals surface area contributed by atoms with E-state index in [2.05, 4.69) is 50.4 Å². The molecular weight excluding hydrogens is 238 g/mol. The van der Waals surface area contributed by atoms with Crippen molar-refractivity contribution in [2.45, 2.75) is 51.6 Å². The van der Waals surface area contributed by atoms with Gasteiger partial charge in [-0.2, -0.15) is 0 Å². The molecule has 108 valence electrons. The van der Waals surface area contributed by atoms with Crippen LogP contribution in [0.4, 0.5) is 0 Å². The third-order valence-electron chi connectivity index (χ3n) is 3.54. The van der Waals surface area contributed by atoms with E-state index in [1.165, 1.54) is 5.56 Å². The number of hydrogen-bond donors (Lipinski definition) is 3. The van der Waals surface area contributed by atoms with E-state index in [4.69, 9.17) is 0 Å². The van der Waals surface area contributed by atoms with E-state index < -0.39 is 5.54 Å². The van der Waals surface area contributed by atoms with E-state index in [0.29, 0.717) is 0 Å². The summed E-state index contributed by atoms with van der Waals surface area (Å²) in [6.45, 7) is 10.2. The molecule has 1 aromatic rings. The highest BCUT2D eigenvalue weighted by Crippen LogP contribution is 2.24. The average molecular weight is 265 g/mol.